The molecule has 0 saturated carbocycles. The molecule has 18 N–H and O–H groups in total. The summed E-state index contributed by atoms with van der Waals surface area (Å²) < 4.78 is 343. The molecule has 6 unspecified atom stereocenters. The number of aromatic nitrogens is 12. The fraction of sp³-hybridized carbons (Fsp3) is 0.333. The van der Waals surface area contributed by atoms with E-state index >= 15 is 0 Å². The first-order valence-corrected chi connectivity index (χ1v) is 37.4. The van der Waals surface area contributed by atoms with Crippen molar-refractivity contribution in [3.8, 4) is 0 Å². The maximum absolute atomic E-state index is 13.4. The van der Waals surface area contributed by atoms with E-state index < -0.39 is 425 Å². The molecule has 0 bridgehead atoms. The minimum absolute atomic E-state index is 0.0266. The molecule has 6 atom stereocenters. The van der Waals surface area contributed by atoms with Gasteiger partial charge in [0, 0.05) is 115 Å². The van der Waals surface area contributed by atoms with Crippen molar-refractivity contribution in [1.29, 1.82) is 0 Å². The van der Waals surface area contributed by atoms with Crippen molar-refractivity contribution in [2.24, 2.45) is 0 Å². The maximum atomic E-state index is 13.4. The lowest BCUT2D eigenvalue weighted by molar-refractivity contribution is -0.141. The number of amides is 12. The van der Waals surface area contributed by atoms with Gasteiger partial charge in [0.2, 0.25) is 35.4 Å². The molecule has 6 fully saturated rings. The molecular weight excluding hydrogens is 1710 g/mol. The van der Waals surface area contributed by atoms with Gasteiger partial charge < -0.3 is 34.4 Å². The van der Waals surface area contributed by atoms with Crippen molar-refractivity contribution in [3.63, 3.8) is 0 Å². The van der Waals surface area contributed by atoms with Gasteiger partial charge in [-0.2, -0.15) is 0 Å². The summed E-state index contributed by atoms with van der Waals surface area (Å²) in [7, 11) is 0. The van der Waals surface area contributed by atoms with E-state index in [9.17, 15) is 86.3 Å². The van der Waals surface area contributed by atoms with Crippen molar-refractivity contribution < 1.29 is 116 Å². The third-order valence-corrected chi connectivity index (χ3v) is 20.7. The lowest BCUT2D eigenvalue weighted by atomic mass is 9.90. The van der Waals surface area contributed by atoms with Gasteiger partial charge in [0.25, 0.3) is 68.8 Å². The fourth-order valence-electron chi connectivity index (χ4n) is 14.0. The molecule has 6 saturated heterocycles. The molecule has 6 aromatic carbocycles. The van der Waals surface area contributed by atoms with Crippen molar-refractivity contribution in [2.45, 2.75) is 193 Å². The van der Waals surface area contributed by atoms with Crippen LogP contribution < -0.4 is 99.7 Å². The molecule has 42 heteroatoms. The van der Waals surface area contributed by atoms with Crippen molar-refractivity contribution in [2.75, 3.05) is 34.4 Å². The first-order valence-electron chi connectivity index (χ1n) is 60.0. The highest BCUT2D eigenvalue weighted by molar-refractivity contribution is 6.07. The molecule has 12 aromatic rings. The SMILES string of the molecule is [2H]C([2H])c1nc2cccc(N)c2c(=O)n1C1(C)C(=O)NC(=O)C([2H])([2H])C1([2H])[2H].[2H]Cc1nc2c([2H])c([2H])c([2H])c(N)c2c(=O)n1C1(C([2H])([2H])[2H])CCC(=O)NC1=O.[2H]Cc1nc2c([2H])c([2H])c([2H])c(N)c2c(=O)n1C1(C)C(=O)NC(=O)C([2H])([2H])C1([2H])[2H].[2H]Cc1nc2cccc(N)c2c(=O)n1C1(C)C(=O)NC(=O)C([2H])([2H])C1([2H])[2H].[2H]c1c([2H])c(N)c2c(=O)n(C3(C([2H])([2H])[2H])CCC(=O)NC3=O)c(C([2H])[2H])nc2c1[2H].[2H]c1c([2H])c(N)c2c(=O)n(C3(C)C(=O)NC(=O)C([2H])([2H])C3([2H])[2H])c(C([2H])[2H])nc2c1[2H]. The number of piperidine rings is 6. The van der Waals surface area contributed by atoms with E-state index in [0.717, 1.165) is 27.7 Å². The molecule has 42 nitrogen and oxygen atoms in total. The Kier molecular flexibility index (Phi) is 13.9. The van der Waals surface area contributed by atoms with Crippen molar-refractivity contribution in [1.82, 2.24) is 89.2 Å². The summed E-state index contributed by atoms with van der Waals surface area (Å²) in [6.07, 6.45) is -27.8. The van der Waals surface area contributed by atoms with Crippen LogP contribution in [-0.4, -0.2) is 128 Å². The molecule has 132 heavy (non-hydrogen) atoms. The average Bonchev–Trinajstić information content (AvgIpc) is 0.699. The largest absolute Gasteiger partial charge is 0.398 e. The van der Waals surface area contributed by atoms with E-state index in [-0.39, 0.29) is 55.5 Å². The average molecular weight is 1850 g/mol. The van der Waals surface area contributed by atoms with Crippen molar-refractivity contribution in [3.05, 3.63) is 206 Å². The Morgan fingerprint density at radius 2 is 0.515 bits per heavy atom. The number of hydrogen-bond donors (Lipinski definition) is 12. The standard InChI is InChI=1S/6C15H16N4O3/c6*1-8-17-10-5-3-4-9(16)12(10)13(21)19(8)15(2)7-6-11(20)18-14(15)22/h6*3-5H,6-7,16H2,1-2H3,(H,18,20,22)/i1D2,3D,4D,5D,6D2,7D2;1D,3D,4D,5D,6D2,7D2;1D2,2D3,3D,4D,5D;1D,2D3,3D,4D,5D;1D2,6D2,7D2;1D,6D2,7D2. The molecule has 6 aromatic heterocycles. The minimum Gasteiger partial charge on any atom is -0.398 e. The zero-order chi connectivity index (χ0) is 133. The summed E-state index contributed by atoms with van der Waals surface area (Å²) >= 11 is 0. The second-order valence-electron chi connectivity index (χ2n) is 29.3. The molecule has 6 aliphatic heterocycles. The zero-order valence-electron chi connectivity index (χ0n) is 111. The van der Waals surface area contributed by atoms with Gasteiger partial charge >= 0.3 is 0 Å². The van der Waals surface area contributed by atoms with Crippen LogP contribution in [0.4, 0.5) is 34.1 Å². The van der Waals surface area contributed by atoms with Gasteiger partial charge in [-0.25, -0.2) is 29.9 Å². The van der Waals surface area contributed by atoms with Crippen LogP contribution in [0.3, 0.4) is 0 Å². The van der Waals surface area contributed by atoms with E-state index in [1.54, 1.807) is 27.3 Å². The van der Waals surface area contributed by atoms with Crippen LogP contribution in [-0.2, 0) is 90.8 Å². The van der Waals surface area contributed by atoms with Gasteiger partial charge in [-0.15, -0.1) is 0 Å². The number of aryl methyl sites for hydroxylation is 6. The van der Waals surface area contributed by atoms with Crippen LogP contribution >= 0.6 is 0 Å². The predicted octanol–water partition coefficient (Wildman–Crippen LogP) is 2.63. The number of imide groups is 6. The molecule has 12 amide bonds. The van der Waals surface area contributed by atoms with Crippen LogP contribution in [0.15, 0.2) is 138 Å². The topological polar surface area (TPSA) is 642 Å². The van der Waals surface area contributed by atoms with Crippen molar-refractivity contribution >= 4 is 170 Å². The second kappa shape index (κ2) is 35.1. The maximum Gasteiger partial charge on any atom is 0.264 e. The normalized spacial score (nSPS) is 29.9. The highest BCUT2D eigenvalue weighted by Gasteiger charge is 2.49. The lowest BCUT2D eigenvalue weighted by Gasteiger charge is -2.34. The molecule has 12 heterocycles. The number of hydrogen-bond acceptors (Lipinski definition) is 30. The van der Waals surface area contributed by atoms with E-state index in [4.69, 9.17) is 93.3 Å². The molecule has 0 spiro atoms. The molecule has 0 radical (unpaired) electrons. The number of rotatable bonds is 6. The van der Waals surface area contributed by atoms with Crippen LogP contribution in [0, 0.1) is 41.3 Å². The zero-order valence-corrected chi connectivity index (χ0v) is 68.3. The summed E-state index contributed by atoms with van der Waals surface area (Å²) in [5.74, 6) is -18.7. The van der Waals surface area contributed by atoms with Crippen LogP contribution in [0.25, 0.3) is 65.4 Å². The second-order valence-corrected chi connectivity index (χ2v) is 29.3. The lowest BCUT2D eigenvalue weighted by Crippen LogP contribution is -2.56. The van der Waals surface area contributed by atoms with E-state index in [0.29, 0.717) is 22.8 Å². The summed E-state index contributed by atoms with van der Waals surface area (Å²) in [6.45, 7) is -10.9. The number of fused-ring (bicyclic) bond motifs is 6. The third-order valence-electron chi connectivity index (χ3n) is 20.7. The highest BCUT2D eigenvalue weighted by atomic mass is 16.2. The Balaban J connectivity index is 0.000000171. The number of carbonyl (C=O) groups excluding carboxylic acids is 12. The van der Waals surface area contributed by atoms with Gasteiger partial charge in [0.15, 0.2) is 0 Å². The monoisotopic (exact) mass is 1840 g/mol. The summed E-state index contributed by atoms with van der Waals surface area (Å²) in [5, 5.41) is 8.22. The summed E-state index contributed by atoms with van der Waals surface area (Å²) in [4.78, 5) is 251. The Bertz CT molecular complexity index is 9610. The number of nitrogens with two attached hydrogens (primary N) is 6. The number of carbonyl (C=O) groups is 12. The smallest absolute Gasteiger partial charge is 0.264 e. The van der Waals surface area contributed by atoms with Gasteiger partial charge in [0.05, 0.1) is 81.9 Å². The van der Waals surface area contributed by atoms with Gasteiger partial charge in [-0.3, -0.25) is 146 Å². The third kappa shape index (κ3) is 16.5. The Labute approximate surface area is 808 Å². The first-order chi connectivity index (χ1) is 80.0. The number of nitrogen functional groups attached to an aromatic ring is 6. The number of nitrogens with one attached hydrogen (secondary N) is 6. The molecule has 18 rings (SSSR count). The molecule has 6 aliphatic rings. The quantitative estimate of drug-likeness (QED) is 0.0841. The highest BCUT2D eigenvalue weighted by Crippen LogP contribution is 2.35. The Morgan fingerprint density at radius 1 is 0.295 bits per heavy atom. The van der Waals surface area contributed by atoms with E-state index in [1.165, 1.54) is 30.3 Å². The number of benzene rings is 6. The van der Waals surface area contributed by atoms with E-state index in [2.05, 4.69) is 29.9 Å². The molecular formula is C90H96N24O18. The summed E-state index contributed by atoms with van der Waals surface area (Å²) in [5.41, 5.74) is 8.50. The molecule has 0 aliphatic carbocycles. The fourth-order valence-corrected chi connectivity index (χ4v) is 14.0. The van der Waals surface area contributed by atoms with Crippen LogP contribution in [0.5, 0.6) is 0 Å². The minimum atomic E-state index is -3.36. The number of nitrogens with zero attached hydrogens (tertiary/aromatic N) is 12. The van der Waals surface area contributed by atoms with Gasteiger partial charge in [-0.1, -0.05) is 36.3 Å². The van der Waals surface area contributed by atoms with E-state index in [1.807, 2.05) is 10.6 Å². The van der Waals surface area contributed by atoms with Gasteiger partial charge in [-0.05, 0) is 194 Å². The summed E-state index contributed by atoms with van der Waals surface area (Å²) in [6, 6.07) is 1.05. The van der Waals surface area contributed by atoms with Crippen LogP contribution in [0.2, 0.25) is 0 Å². The first kappa shape index (κ1) is 52.3. The Hall–Kier alpha value is -16.2. The van der Waals surface area contributed by atoms with Crippen LogP contribution in [0.1, 0.15) is 212 Å². The number of anilines is 6. The van der Waals surface area contributed by atoms with Gasteiger partial charge in [0.1, 0.15) is 68.2 Å². The predicted molar refractivity (Wildman–Crippen MR) is 487 cm³/mol. The molecule has 684 valence electrons. The Morgan fingerprint density at radius 3 is 0.773 bits per heavy atom.